The first-order chi connectivity index (χ1) is 10.7. The molecule has 3 aromatic rings. The number of aromatic nitrogens is 2. The molecule has 0 aliphatic heterocycles. The molecule has 22 heavy (non-hydrogen) atoms. The van der Waals surface area contributed by atoms with E-state index in [9.17, 15) is 9.59 Å². The quantitative estimate of drug-likeness (QED) is 0.751. The van der Waals surface area contributed by atoms with Gasteiger partial charge in [0, 0.05) is 0 Å². The minimum atomic E-state index is -0.264. The lowest BCUT2D eigenvalue weighted by Crippen LogP contribution is -2.21. The van der Waals surface area contributed by atoms with Gasteiger partial charge < -0.3 is 5.32 Å². The molecule has 110 valence electrons. The van der Waals surface area contributed by atoms with E-state index >= 15 is 0 Å². The van der Waals surface area contributed by atoms with E-state index in [1.165, 1.54) is 0 Å². The van der Waals surface area contributed by atoms with E-state index in [0.717, 1.165) is 11.4 Å². The van der Waals surface area contributed by atoms with E-state index in [-0.39, 0.29) is 11.2 Å². The summed E-state index contributed by atoms with van der Waals surface area (Å²) in [5, 5.41) is 2.51. The van der Waals surface area contributed by atoms with Crippen LogP contribution in [0.3, 0.4) is 0 Å². The highest BCUT2D eigenvalue weighted by Crippen LogP contribution is 2.19. The first kappa shape index (κ1) is 13.9. The van der Waals surface area contributed by atoms with Crippen molar-refractivity contribution in [2.45, 2.75) is 6.92 Å². The zero-order valence-corrected chi connectivity index (χ0v) is 12.1. The number of nitrogens with one attached hydrogen (secondary N) is 1. The average molecular weight is 293 g/mol. The second-order valence-electron chi connectivity index (χ2n) is 4.82. The Bertz CT molecular complexity index is 849. The molecule has 1 aromatic heterocycles. The highest BCUT2D eigenvalue weighted by Gasteiger charge is 2.18. The molecule has 0 atom stereocenters. The molecule has 0 saturated carbocycles. The molecule has 0 aliphatic rings. The molecule has 3 rings (SSSR count). The summed E-state index contributed by atoms with van der Waals surface area (Å²) in [5.41, 5.74) is 2.27. The minimum Gasteiger partial charge on any atom is -0.323 e. The van der Waals surface area contributed by atoms with Gasteiger partial charge in [-0.15, -0.1) is 0 Å². The predicted molar refractivity (Wildman–Crippen MR) is 85.8 cm³/mol. The second kappa shape index (κ2) is 5.73. The van der Waals surface area contributed by atoms with Crippen LogP contribution in [0.25, 0.3) is 11.4 Å². The van der Waals surface area contributed by atoms with E-state index in [4.69, 9.17) is 0 Å². The summed E-state index contributed by atoms with van der Waals surface area (Å²) in [7, 11) is 0. The monoisotopic (exact) mass is 293 g/mol. The van der Waals surface area contributed by atoms with Crippen LogP contribution in [0.4, 0.5) is 5.69 Å². The number of anilines is 1. The Morgan fingerprint density at radius 2 is 1.36 bits per heavy atom. The van der Waals surface area contributed by atoms with Crippen molar-refractivity contribution in [3.8, 4) is 11.4 Å². The lowest BCUT2D eigenvalue weighted by molar-refractivity contribution is -0.105. The van der Waals surface area contributed by atoms with Crippen LogP contribution in [0.2, 0.25) is 0 Å². The second-order valence-corrected chi connectivity index (χ2v) is 4.82. The predicted octanol–water partition coefficient (Wildman–Crippen LogP) is 2.50. The molecule has 5 nitrogen and oxygen atoms in total. The van der Waals surface area contributed by atoms with Crippen LogP contribution < -0.4 is 10.9 Å². The van der Waals surface area contributed by atoms with Gasteiger partial charge in [0.15, 0.2) is 0 Å². The smallest absolute Gasteiger partial charge is 0.295 e. The fourth-order valence-corrected chi connectivity index (χ4v) is 2.51. The number of hydrogen-bond acceptors (Lipinski definition) is 2. The molecule has 5 heteroatoms. The Labute approximate surface area is 127 Å². The van der Waals surface area contributed by atoms with Gasteiger partial charge in [0.2, 0.25) is 6.41 Å². The molecule has 0 spiro atoms. The van der Waals surface area contributed by atoms with Crippen molar-refractivity contribution >= 4 is 12.1 Å². The Morgan fingerprint density at radius 1 is 0.864 bits per heavy atom. The number of amides is 1. The number of benzene rings is 2. The van der Waals surface area contributed by atoms with Gasteiger partial charge in [0.25, 0.3) is 5.56 Å². The molecule has 1 amide bonds. The number of rotatable bonds is 4. The molecule has 2 aromatic carbocycles. The molecule has 1 N–H and O–H groups in total. The maximum absolute atomic E-state index is 12.7. The topological polar surface area (TPSA) is 56.0 Å². The van der Waals surface area contributed by atoms with Crippen molar-refractivity contribution in [2.75, 3.05) is 5.32 Å². The summed E-state index contributed by atoms with van der Waals surface area (Å²) >= 11 is 0. The van der Waals surface area contributed by atoms with Crippen LogP contribution in [0.15, 0.2) is 65.5 Å². The van der Waals surface area contributed by atoms with Crippen LogP contribution in [0.5, 0.6) is 0 Å². The SMILES string of the molecule is Cc1c(NC=O)c(=O)n(-c2ccccc2)n1-c1ccccc1. The van der Waals surface area contributed by atoms with Crippen molar-refractivity contribution < 1.29 is 4.79 Å². The van der Waals surface area contributed by atoms with Crippen LogP contribution in [0.1, 0.15) is 5.69 Å². The molecule has 0 saturated heterocycles. The van der Waals surface area contributed by atoms with Crippen molar-refractivity contribution in [3.63, 3.8) is 0 Å². The zero-order chi connectivity index (χ0) is 15.5. The Hall–Kier alpha value is -3.08. The summed E-state index contributed by atoms with van der Waals surface area (Å²) in [4.78, 5) is 23.5. The first-order valence-electron chi connectivity index (χ1n) is 6.89. The van der Waals surface area contributed by atoms with E-state index < -0.39 is 0 Å². The lowest BCUT2D eigenvalue weighted by Gasteiger charge is -2.13. The summed E-state index contributed by atoms with van der Waals surface area (Å²) in [6.07, 6.45) is 0.522. The van der Waals surface area contributed by atoms with Gasteiger partial charge in [-0.05, 0) is 31.2 Å². The van der Waals surface area contributed by atoms with Crippen LogP contribution in [-0.4, -0.2) is 15.8 Å². The Kier molecular flexibility index (Phi) is 3.62. The molecule has 0 fully saturated rings. The number of carbonyl (C=O) groups excluding carboxylic acids is 1. The highest BCUT2D eigenvalue weighted by atomic mass is 16.1. The summed E-state index contributed by atoms with van der Waals surface area (Å²) < 4.78 is 3.35. The first-order valence-corrected chi connectivity index (χ1v) is 6.89. The van der Waals surface area contributed by atoms with Gasteiger partial charge in [0.05, 0.1) is 17.1 Å². The van der Waals surface area contributed by atoms with Crippen molar-refractivity contribution in [1.82, 2.24) is 9.36 Å². The van der Waals surface area contributed by atoms with Gasteiger partial charge in [0.1, 0.15) is 5.69 Å². The largest absolute Gasteiger partial charge is 0.323 e. The van der Waals surface area contributed by atoms with Crippen LogP contribution >= 0.6 is 0 Å². The third kappa shape index (κ3) is 2.22. The third-order valence-electron chi connectivity index (χ3n) is 3.49. The maximum atomic E-state index is 12.7. The third-order valence-corrected chi connectivity index (χ3v) is 3.49. The fourth-order valence-electron chi connectivity index (χ4n) is 2.51. The summed E-state index contributed by atoms with van der Waals surface area (Å²) in [6, 6.07) is 18.9. The van der Waals surface area contributed by atoms with E-state index in [0.29, 0.717) is 12.1 Å². The number of para-hydroxylation sites is 2. The zero-order valence-electron chi connectivity index (χ0n) is 12.1. The average Bonchev–Trinajstić information content (AvgIpc) is 2.81. The number of nitrogens with zero attached hydrogens (tertiary/aromatic N) is 2. The van der Waals surface area contributed by atoms with Crippen LogP contribution in [0, 0.1) is 6.92 Å². The van der Waals surface area contributed by atoms with Gasteiger partial charge in [-0.25, -0.2) is 9.36 Å². The lowest BCUT2D eigenvalue weighted by atomic mass is 10.3. The van der Waals surface area contributed by atoms with E-state index in [1.54, 1.807) is 16.3 Å². The van der Waals surface area contributed by atoms with Gasteiger partial charge >= 0.3 is 0 Å². The van der Waals surface area contributed by atoms with Crippen molar-refractivity contribution in [2.24, 2.45) is 0 Å². The molecular formula is C17H15N3O2. The van der Waals surface area contributed by atoms with E-state index in [2.05, 4.69) is 5.32 Å². The van der Waals surface area contributed by atoms with Gasteiger partial charge in [-0.3, -0.25) is 9.59 Å². The molecule has 0 unspecified atom stereocenters. The molecule has 0 bridgehead atoms. The van der Waals surface area contributed by atoms with Crippen LogP contribution in [-0.2, 0) is 4.79 Å². The molecular weight excluding hydrogens is 278 g/mol. The summed E-state index contributed by atoms with van der Waals surface area (Å²) in [6.45, 7) is 1.81. The van der Waals surface area contributed by atoms with Gasteiger partial charge in [-0.2, -0.15) is 0 Å². The fraction of sp³-hybridized carbons (Fsp3) is 0.0588. The van der Waals surface area contributed by atoms with E-state index in [1.807, 2.05) is 60.7 Å². The number of hydrogen-bond donors (Lipinski definition) is 1. The minimum absolute atomic E-state index is 0.264. The van der Waals surface area contributed by atoms with Gasteiger partial charge in [-0.1, -0.05) is 36.4 Å². The highest BCUT2D eigenvalue weighted by molar-refractivity contribution is 5.73. The molecule has 1 heterocycles. The standard InChI is InChI=1S/C17H15N3O2/c1-13-16(18-12-21)17(22)20(15-10-6-3-7-11-15)19(13)14-8-4-2-5-9-14/h2-12H,1H3,(H,18,21). The maximum Gasteiger partial charge on any atom is 0.295 e. The van der Waals surface area contributed by atoms with Crippen molar-refractivity contribution in [1.29, 1.82) is 0 Å². The molecule has 0 aliphatic carbocycles. The van der Waals surface area contributed by atoms with Crippen molar-refractivity contribution in [3.05, 3.63) is 76.7 Å². The Morgan fingerprint density at radius 3 is 1.86 bits per heavy atom. The summed E-state index contributed by atoms with van der Waals surface area (Å²) in [5.74, 6) is 0. The Balaban J connectivity index is 2.35. The molecule has 0 radical (unpaired) electrons. The normalized spacial score (nSPS) is 10.4. The number of carbonyl (C=O) groups is 1.